The van der Waals surface area contributed by atoms with Crippen LogP contribution < -0.4 is 5.32 Å². The lowest BCUT2D eigenvalue weighted by Gasteiger charge is -2.58. The third-order valence-corrected chi connectivity index (χ3v) is 5.12. The summed E-state index contributed by atoms with van der Waals surface area (Å²) in [6, 6.07) is 0.703. The van der Waals surface area contributed by atoms with E-state index >= 15 is 0 Å². The molecule has 0 aromatic heterocycles. The van der Waals surface area contributed by atoms with Gasteiger partial charge in [-0.15, -0.1) is 0 Å². The summed E-state index contributed by atoms with van der Waals surface area (Å²) in [5.74, 6) is 0.738. The zero-order valence-electron chi connectivity index (χ0n) is 12.7. The van der Waals surface area contributed by atoms with Crippen LogP contribution in [0.3, 0.4) is 0 Å². The number of rotatable bonds is 5. The van der Waals surface area contributed by atoms with E-state index in [0.717, 1.165) is 5.92 Å². The minimum absolute atomic E-state index is 0.423. The average Bonchev–Trinajstić information content (AvgIpc) is 2.34. The lowest BCUT2D eigenvalue weighted by Crippen LogP contribution is -2.64. The van der Waals surface area contributed by atoms with Crippen molar-refractivity contribution < 1.29 is 4.74 Å². The van der Waals surface area contributed by atoms with Crippen LogP contribution in [0.1, 0.15) is 65.7 Å². The summed E-state index contributed by atoms with van der Waals surface area (Å²) in [5, 5.41) is 3.53. The summed E-state index contributed by atoms with van der Waals surface area (Å²) in [6.45, 7) is 6.82. The second-order valence-corrected chi connectivity index (χ2v) is 6.94. The Kier molecular flexibility index (Phi) is 4.71. The molecule has 18 heavy (non-hydrogen) atoms. The Labute approximate surface area is 113 Å². The van der Waals surface area contributed by atoms with Crippen molar-refractivity contribution in [3.05, 3.63) is 0 Å². The molecule has 1 spiro atoms. The predicted octanol–water partition coefficient (Wildman–Crippen LogP) is 3.75. The van der Waals surface area contributed by atoms with E-state index in [1.807, 2.05) is 0 Å². The zero-order chi connectivity index (χ0) is 13.2. The van der Waals surface area contributed by atoms with E-state index in [1.165, 1.54) is 44.9 Å². The monoisotopic (exact) mass is 253 g/mol. The van der Waals surface area contributed by atoms with Crippen LogP contribution in [0.5, 0.6) is 0 Å². The molecule has 2 fully saturated rings. The van der Waals surface area contributed by atoms with Crippen molar-refractivity contribution in [2.75, 3.05) is 7.05 Å². The number of nitrogens with one attached hydrogen (secondary N) is 1. The molecule has 2 aliphatic carbocycles. The second-order valence-electron chi connectivity index (χ2n) is 6.94. The summed E-state index contributed by atoms with van der Waals surface area (Å²) >= 11 is 0. The van der Waals surface area contributed by atoms with Crippen molar-refractivity contribution in [2.24, 2.45) is 11.3 Å². The van der Waals surface area contributed by atoms with E-state index in [2.05, 4.69) is 33.1 Å². The van der Waals surface area contributed by atoms with E-state index in [0.29, 0.717) is 23.7 Å². The van der Waals surface area contributed by atoms with E-state index in [4.69, 9.17) is 4.74 Å². The Morgan fingerprint density at radius 2 is 1.83 bits per heavy atom. The van der Waals surface area contributed by atoms with Crippen LogP contribution in [0.25, 0.3) is 0 Å². The lowest BCUT2D eigenvalue weighted by molar-refractivity contribution is -0.174. The maximum atomic E-state index is 6.38. The minimum atomic E-state index is 0.423. The smallest absolute Gasteiger partial charge is 0.0664 e. The summed E-state index contributed by atoms with van der Waals surface area (Å²) in [4.78, 5) is 0. The molecule has 2 heteroatoms. The maximum Gasteiger partial charge on any atom is 0.0664 e. The highest BCUT2D eigenvalue weighted by molar-refractivity contribution is 5.08. The van der Waals surface area contributed by atoms with Gasteiger partial charge in [-0.05, 0) is 45.6 Å². The molecule has 0 bridgehead atoms. The SMILES string of the molecule is CNC1CC(OC(C)CC(C)C)C12CCCCC2. The van der Waals surface area contributed by atoms with Crippen molar-refractivity contribution in [3.8, 4) is 0 Å². The van der Waals surface area contributed by atoms with Crippen molar-refractivity contribution in [3.63, 3.8) is 0 Å². The van der Waals surface area contributed by atoms with Crippen LogP contribution in [0.4, 0.5) is 0 Å². The minimum Gasteiger partial charge on any atom is -0.375 e. The Hall–Kier alpha value is -0.0800. The van der Waals surface area contributed by atoms with Gasteiger partial charge in [0.05, 0.1) is 12.2 Å². The molecule has 3 atom stereocenters. The van der Waals surface area contributed by atoms with Gasteiger partial charge in [0.15, 0.2) is 0 Å². The highest BCUT2D eigenvalue weighted by atomic mass is 16.5. The molecule has 2 nitrogen and oxygen atoms in total. The molecule has 106 valence electrons. The van der Waals surface area contributed by atoms with Crippen LogP contribution in [0.15, 0.2) is 0 Å². The van der Waals surface area contributed by atoms with Crippen molar-refractivity contribution in [1.29, 1.82) is 0 Å². The Balaban J connectivity index is 1.92. The van der Waals surface area contributed by atoms with Gasteiger partial charge in [0, 0.05) is 11.5 Å². The average molecular weight is 253 g/mol. The molecular weight excluding hydrogens is 222 g/mol. The van der Waals surface area contributed by atoms with Gasteiger partial charge < -0.3 is 10.1 Å². The topological polar surface area (TPSA) is 21.3 Å². The van der Waals surface area contributed by atoms with Crippen LogP contribution in [0.2, 0.25) is 0 Å². The van der Waals surface area contributed by atoms with Gasteiger partial charge in [0.25, 0.3) is 0 Å². The fourth-order valence-corrected chi connectivity index (χ4v) is 4.22. The van der Waals surface area contributed by atoms with Crippen LogP contribution in [-0.4, -0.2) is 25.3 Å². The molecule has 0 heterocycles. The van der Waals surface area contributed by atoms with Gasteiger partial charge in [-0.3, -0.25) is 0 Å². The Bertz CT molecular complexity index is 258. The zero-order valence-corrected chi connectivity index (χ0v) is 12.7. The van der Waals surface area contributed by atoms with E-state index in [1.54, 1.807) is 0 Å². The third kappa shape index (κ3) is 2.75. The lowest BCUT2D eigenvalue weighted by atomic mass is 9.55. The Morgan fingerprint density at radius 1 is 1.17 bits per heavy atom. The summed E-state index contributed by atoms with van der Waals surface area (Å²) in [5.41, 5.74) is 0.470. The summed E-state index contributed by atoms with van der Waals surface area (Å²) in [6.07, 6.45) is 10.3. The van der Waals surface area contributed by atoms with Gasteiger partial charge in [0.1, 0.15) is 0 Å². The predicted molar refractivity (Wildman–Crippen MR) is 76.8 cm³/mol. The van der Waals surface area contributed by atoms with Crippen LogP contribution in [0, 0.1) is 11.3 Å². The molecular formula is C16H31NO. The molecule has 2 rings (SSSR count). The van der Waals surface area contributed by atoms with Gasteiger partial charge >= 0.3 is 0 Å². The maximum absolute atomic E-state index is 6.38. The fraction of sp³-hybridized carbons (Fsp3) is 1.00. The van der Waals surface area contributed by atoms with Gasteiger partial charge in [-0.2, -0.15) is 0 Å². The first-order valence-electron chi connectivity index (χ1n) is 7.91. The van der Waals surface area contributed by atoms with E-state index in [9.17, 15) is 0 Å². The highest BCUT2D eigenvalue weighted by Crippen LogP contribution is 2.53. The molecule has 1 N–H and O–H groups in total. The first-order valence-corrected chi connectivity index (χ1v) is 7.91. The van der Waals surface area contributed by atoms with Crippen LogP contribution in [-0.2, 0) is 4.74 Å². The van der Waals surface area contributed by atoms with Crippen molar-refractivity contribution in [2.45, 2.75) is 84.0 Å². The van der Waals surface area contributed by atoms with Gasteiger partial charge in [-0.1, -0.05) is 33.1 Å². The molecule has 0 radical (unpaired) electrons. The largest absolute Gasteiger partial charge is 0.375 e. The quantitative estimate of drug-likeness (QED) is 0.805. The standard InChI is InChI=1S/C16H31NO/c1-12(2)10-13(3)18-15-11-14(17-4)16(15)8-6-5-7-9-16/h12-15,17H,5-11H2,1-4H3. The molecule has 0 amide bonds. The summed E-state index contributed by atoms with van der Waals surface area (Å²) < 4.78 is 6.38. The molecule has 0 aromatic rings. The normalized spacial score (nSPS) is 32.5. The number of ether oxygens (including phenoxy) is 1. The van der Waals surface area contributed by atoms with Crippen LogP contribution >= 0.6 is 0 Å². The third-order valence-electron chi connectivity index (χ3n) is 5.12. The highest BCUT2D eigenvalue weighted by Gasteiger charge is 2.55. The number of hydrogen-bond donors (Lipinski definition) is 1. The van der Waals surface area contributed by atoms with Gasteiger partial charge in [-0.25, -0.2) is 0 Å². The summed E-state index contributed by atoms with van der Waals surface area (Å²) in [7, 11) is 2.12. The first-order chi connectivity index (χ1) is 8.58. The molecule has 3 unspecified atom stereocenters. The van der Waals surface area contributed by atoms with Crippen molar-refractivity contribution in [1.82, 2.24) is 5.32 Å². The fourth-order valence-electron chi connectivity index (χ4n) is 4.22. The Morgan fingerprint density at radius 3 is 2.39 bits per heavy atom. The van der Waals surface area contributed by atoms with Crippen molar-refractivity contribution >= 4 is 0 Å². The molecule has 2 aliphatic rings. The molecule has 2 saturated carbocycles. The number of hydrogen-bond acceptors (Lipinski definition) is 2. The van der Waals surface area contributed by atoms with Gasteiger partial charge in [0.2, 0.25) is 0 Å². The molecule has 0 aromatic carbocycles. The molecule has 0 aliphatic heterocycles. The van der Waals surface area contributed by atoms with E-state index < -0.39 is 0 Å². The first kappa shape index (κ1) is 14.3. The molecule has 0 saturated heterocycles. The van der Waals surface area contributed by atoms with E-state index in [-0.39, 0.29) is 0 Å². The second kappa shape index (κ2) is 5.92.